The van der Waals surface area contributed by atoms with Crippen LogP contribution in [0.3, 0.4) is 0 Å². The lowest BCUT2D eigenvalue weighted by atomic mass is 9.76. The Kier molecular flexibility index (Phi) is 4.91. The molecule has 18 heavy (non-hydrogen) atoms. The Hall–Kier alpha value is -0.270. The number of halogens is 3. The van der Waals surface area contributed by atoms with Gasteiger partial charge in [-0.1, -0.05) is 37.8 Å². The topological polar surface area (TPSA) is 0 Å². The van der Waals surface area contributed by atoms with Crippen molar-refractivity contribution in [3.05, 3.63) is 35.6 Å². The Bertz CT molecular complexity index is 382. The van der Waals surface area contributed by atoms with Crippen LogP contribution in [0, 0.1) is 11.7 Å². The molecule has 0 nitrogen and oxygen atoms in total. The van der Waals surface area contributed by atoms with Crippen molar-refractivity contribution in [2.45, 2.75) is 37.5 Å². The largest absolute Gasteiger partial charge is 0.207 e. The maximum atomic E-state index is 13.4. The average Bonchev–Trinajstić information content (AvgIpc) is 2.89. The SMILES string of the molecule is Fc1cccc(C(CCl)(CCl)CC2CCCC2)c1. The normalized spacial score (nSPS) is 17.3. The maximum absolute atomic E-state index is 13.4. The third kappa shape index (κ3) is 3.00. The van der Waals surface area contributed by atoms with Gasteiger partial charge in [0.15, 0.2) is 0 Å². The van der Waals surface area contributed by atoms with E-state index in [1.807, 2.05) is 6.07 Å². The lowest BCUT2D eigenvalue weighted by Gasteiger charge is -2.33. The Morgan fingerprint density at radius 2 is 1.83 bits per heavy atom. The zero-order valence-electron chi connectivity index (χ0n) is 10.5. The van der Waals surface area contributed by atoms with Gasteiger partial charge < -0.3 is 0 Å². The molecule has 0 N–H and O–H groups in total. The number of hydrogen-bond donors (Lipinski definition) is 0. The molecule has 0 heterocycles. The molecule has 2 rings (SSSR count). The minimum atomic E-state index is -0.278. The third-order valence-electron chi connectivity index (χ3n) is 4.10. The van der Waals surface area contributed by atoms with Gasteiger partial charge in [0.1, 0.15) is 5.82 Å². The molecule has 1 aromatic carbocycles. The molecule has 1 fully saturated rings. The second-order valence-corrected chi connectivity index (χ2v) is 5.95. The van der Waals surface area contributed by atoms with Gasteiger partial charge in [-0.3, -0.25) is 0 Å². The van der Waals surface area contributed by atoms with Crippen LogP contribution < -0.4 is 0 Å². The first-order chi connectivity index (χ1) is 8.70. The van der Waals surface area contributed by atoms with E-state index in [1.165, 1.54) is 31.7 Å². The molecular weight excluding hydrogens is 270 g/mol. The first-order valence-electron chi connectivity index (χ1n) is 6.58. The quantitative estimate of drug-likeness (QED) is 0.660. The van der Waals surface area contributed by atoms with Crippen molar-refractivity contribution < 1.29 is 4.39 Å². The zero-order chi connectivity index (χ0) is 13.0. The Balaban J connectivity index is 2.24. The average molecular weight is 289 g/mol. The van der Waals surface area contributed by atoms with Gasteiger partial charge in [-0.05, 0) is 30.0 Å². The highest BCUT2D eigenvalue weighted by atomic mass is 35.5. The molecule has 0 bridgehead atoms. The van der Waals surface area contributed by atoms with Crippen LogP contribution in [0.2, 0.25) is 0 Å². The van der Waals surface area contributed by atoms with Crippen LogP contribution in [0.25, 0.3) is 0 Å². The lowest BCUT2D eigenvalue weighted by molar-refractivity contribution is 0.371. The summed E-state index contributed by atoms with van der Waals surface area (Å²) in [5.41, 5.74) is 0.666. The zero-order valence-corrected chi connectivity index (χ0v) is 12.0. The van der Waals surface area contributed by atoms with Crippen molar-refractivity contribution in [1.82, 2.24) is 0 Å². The van der Waals surface area contributed by atoms with Gasteiger partial charge in [0.05, 0.1) is 0 Å². The van der Waals surface area contributed by atoms with E-state index >= 15 is 0 Å². The van der Waals surface area contributed by atoms with E-state index in [9.17, 15) is 4.39 Å². The van der Waals surface area contributed by atoms with Crippen molar-refractivity contribution in [1.29, 1.82) is 0 Å². The van der Waals surface area contributed by atoms with Gasteiger partial charge in [-0.2, -0.15) is 0 Å². The van der Waals surface area contributed by atoms with Gasteiger partial charge in [0, 0.05) is 17.2 Å². The molecule has 0 atom stereocenters. The molecule has 0 amide bonds. The van der Waals surface area contributed by atoms with Crippen LogP contribution in [-0.4, -0.2) is 11.8 Å². The molecule has 0 aromatic heterocycles. The molecule has 1 aliphatic rings. The number of benzene rings is 1. The van der Waals surface area contributed by atoms with Gasteiger partial charge in [0.25, 0.3) is 0 Å². The predicted octanol–water partition coefficient (Wildman–Crippen LogP) is 5.12. The number of alkyl halides is 2. The molecular formula is C15H19Cl2F. The van der Waals surface area contributed by atoms with Gasteiger partial charge >= 0.3 is 0 Å². The summed E-state index contributed by atoms with van der Waals surface area (Å²) < 4.78 is 13.4. The summed E-state index contributed by atoms with van der Waals surface area (Å²) >= 11 is 12.4. The molecule has 0 spiro atoms. The Morgan fingerprint density at radius 1 is 1.17 bits per heavy atom. The lowest BCUT2D eigenvalue weighted by Crippen LogP contribution is -2.33. The number of hydrogen-bond acceptors (Lipinski definition) is 0. The van der Waals surface area contributed by atoms with E-state index in [0.29, 0.717) is 17.7 Å². The molecule has 0 saturated heterocycles. The maximum Gasteiger partial charge on any atom is 0.123 e. The second-order valence-electron chi connectivity index (χ2n) is 5.41. The third-order valence-corrected chi connectivity index (χ3v) is 5.13. The summed E-state index contributed by atoms with van der Waals surface area (Å²) in [5, 5.41) is 0. The first kappa shape index (κ1) is 14.1. The van der Waals surface area contributed by atoms with E-state index in [2.05, 4.69) is 0 Å². The van der Waals surface area contributed by atoms with E-state index in [0.717, 1.165) is 12.0 Å². The van der Waals surface area contributed by atoms with E-state index < -0.39 is 0 Å². The van der Waals surface area contributed by atoms with Crippen LogP contribution >= 0.6 is 23.2 Å². The van der Waals surface area contributed by atoms with Crippen LogP contribution in [-0.2, 0) is 5.41 Å². The fourth-order valence-electron chi connectivity index (χ4n) is 3.00. The summed E-state index contributed by atoms with van der Waals surface area (Å²) in [6, 6.07) is 6.74. The highest BCUT2D eigenvalue weighted by Crippen LogP contribution is 2.40. The predicted molar refractivity (Wildman–Crippen MR) is 76.1 cm³/mol. The summed E-state index contributed by atoms with van der Waals surface area (Å²) in [4.78, 5) is 0. The molecule has 0 aliphatic heterocycles. The molecule has 1 aliphatic carbocycles. The molecule has 0 unspecified atom stereocenters. The molecule has 1 aromatic rings. The van der Waals surface area contributed by atoms with Gasteiger partial charge in [-0.15, -0.1) is 23.2 Å². The summed E-state index contributed by atoms with van der Waals surface area (Å²) in [6.45, 7) is 0. The minimum absolute atomic E-state index is 0.210. The Morgan fingerprint density at radius 3 is 2.39 bits per heavy atom. The highest BCUT2D eigenvalue weighted by molar-refractivity contribution is 6.22. The van der Waals surface area contributed by atoms with Crippen molar-refractivity contribution >= 4 is 23.2 Å². The number of rotatable bonds is 5. The van der Waals surface area contributed by atoms with Gasteiger partial charge in [0.2, 0.25) is 0 Å². The standard InChI is InChI=1S/C15H19Cl2F/c16-10-15(11-17,9-12-4-1-2-5-12)13-6-3-7-14(18)8-13/h3,6-8,12H,1-2,4-5,9-11H2. The fourth-order valence-corrected chi connectivity index (χ4v) is 3.81. The molecule has 0 radical (unpaired) electrons. The fraction of sp³-hybridized carbons (Fsp3) is 0.600. The van der Waals surface area contributed by atoms with Gasteiger partial charge in [-0.25, -0.2) is 4.39 Å². The van der Waals surface area contributed by atoms with Crippen LogP contribution in [0.1, 0.15) is 37.7 Å². The first-order valence-corrected chi connectivity index (χ1v) is 7.65. The summed E-state index contributed by atoms with van der Waals surface area (Å²) in [5.74, 6) is 1.39. The van der Waals surface area contributed by atoms with Crippen molar-refractivity contribution in [2.75, 3.05) is 11.8 Å². The van der Waals surface area contributed by atoms with Crippen molar-refractivity contribution in [3.63, 3.8) is 0 Å². The van der Waals surface area contributed by atoms with Crippen LogP contribution in [0.5, 0.6) is 0 Å². The Labute approximate surface area is 118 Å². The van der Waals surface area contributed by atoms with Crippen LogP contribution in [0.4, 0.5) is 4.39 Å². The molecule has 100 valence electrons. The smallest absolute Gasteiger partial charge is 0.123 e. The summed E-state index contributed by atoms with van der Waals surface area (Å²) in [6.07, 6.45) is 6.09. The van der Waals surface area contributed by atoms with E-state index in [-0.39, 0.29) is 11.2 Å². The van der Waals surface area contributed by atoms with Crippen molar-refractivity contribution in [2.24, 2.45) is 5.92 Å². The monoisotopic (exact) mass is 288 g/mol. The second kappa shape index (κ2) is 6.25. The highest BCUT2D eigenvalue weighted by Gasteiger charge is 2.34. The van der Waals surface area contributed by atoms with Crippen LogP contribution in [0.15, 0.2) is 24.3 Å². The van der Waals surface area contributed by atoms with Crippen molar-refractivity contribution in [3.8, 4) is 0 Å². The van der Waals surface area contributed by atoms with E-state index in [1.54, 1.807) is 12.1 Å². The molecule has 3 heteroatoms. The minimum Gasteiger partial charge on any atom is -0.207 e. The van der Waals surface area contributed by atoms with E-state index in [4.69, 9.17) is 23.2 Å². The molecule has 1 saturated carbocycles. The summed E-state index contributed by atoms with van der Waals surface area (Å²) in [7, 11) is 0.